The number of nitrogens with zero attached hydrogens (tertiary/aromatic N) is 1. The van der Waals surface area contributed by atoms with E-state index >= 15 is 0 Å². The molecule has 3 fully saturated rings. The maximum Gasteiger partial charge on any atom is 0.405 e. The number of nitriles is 1. The van der Waals surface area contributed by atoms with Crippen molar-refractivity contribution in [3.63, 3.8) is 0 Å². The molecule has 0 radical (unpaired) electrons. The molecule has 5 rings (SSSR count). The van der Waals surface area contributed by atoms with Gasteiger partial charge in [0.15, 0.2) is 5.78 Å². The Labute approximate surface area is 222 Å². The lowest BCUT2D eigenvalue weighted by Crippen LogP contribution is -2.68. The smallest absolute Gasteiger partial charge is 0.405 e. The average Bonchev–Trinajstić information content (AvgIpc) is 2.78. The highest BCUT2D eigenvalue weighted by molar-refractivity contribution is 6.04. The fraction of sp³-hybridized carbons (Fsp3) is 0.719. The molecule has 5 heteroatoms. The Kier molecular flexibility index (Phi) is 5.40. The monoisotopic (exact) mass is 504 g/mol. The number of hydrogen-bond donors (Lipinski definition) is 2. The molecular weight excluding hydrogens is 460 g/mol. The maximum absolute atomic E-state index is 13.2. The number of hydrogen-bond acceptors (Lipinski definition) is 3. The zero-order chi connectivity index (χ0) is 27.4. The molecule has 5 aliphatic rings. The SMILES string of the molecule is C=C1C=C2[C@@]3(C)C=C(C#N)C(=O)C(C)(C)[C@@H]3CC[C@@]2(C)[C@]2(C)CC[C@@]3(NC(=O)O)CCC(C)(C)CC3C12. The van der Waals surface area contributed by atoms with Crippen molar-refractivity contribution in [1.82, 2.24) is 5.32 Å². The number of nitrogens with one attached hydrogen (secondary N) is 1. The third-order valence-electron chi connectivity index (χ3n) is 12.4. The van der Waals surface area contributed by atoms with Crippen LogP contribution < -0.4 is 5.32 Å². The molecule has 5 nitrogen and oxygen atoms in total. The van der Waals surface area contributed by atoms with Crippen LogP contribution in [-0.2, 0) is 4.79 Å². The number of ketones is 1. The third kappa shape index (κ3) is 3.26. The Morgan fingerprint density at radius 2 is 1.73 bits per heavy atom. The Balaban J connectivity index is 1.69. The molecule has 37 heavy (non-hydrogen) atoms. The number of carbonyl (C=O) groups excluding carboxylic acids is 1. The first-order chi connectivity index (χ1) is 17.0. The minimum Gasteiger partial charge on any atom is -0.465 e. The number of carbonyl (C=O) groups is 2. The van der Waals surface area contributed by atoms with Crippen LogP contribution in [0.2, 0.25) is 0 Å². The van der Waals surface area contributed by atoms with Crippen LogP contribution in [0.5, 0.6) is 0 Å². The summed E-state index contributed by atoms with van der Waals surface area (Å²) in [4.78, 5) is 25.3. The van der Waals surface area contributed by atoms with Crippen molar-refractivity contribution < 1.29 is 14.7 Å². The first-order valence-electron chi connectivity index (χ1n) is 14.1. The van der Waals surface area contributed by atoms with E-state index in [1.807, 2.05) is 19.9 Å². The van der Waals surface area contributed by atoms with Gasteiger partial charge >= 0.3 is 6.09 Å². The zero-order valence-corrected chi connectivity index (χ0v) is 23.8. The van der Waals surface area contributed by atoms with Crippen LogP contribution >= 0.6 is 0 Å². The Bertz CT molecular complexity index is 1200. The van der Waals surface area contributed by atoms with E-state index in [1.54, 1.807) is 0 Å². The second-order valence-corrected chi connectivity index (χ2v) is 15.0. The molecule has 5 aliphatic carbocycles. The van der Waals surface area contributed by atoms with Gasteiger partial charge in [0.05, 0.1) is 5.57 Å². The second kappa shape index (κ2) is 7.61. The fourth-order valence-corrected chi connectivity index (χ4v) is 10.3. The van der Waals surface area contributed by atoms with E-state index in [2.05, 4.69) is 58.7 Å². The van der Waals surface area contributed by atoms with Crippen LogP contribution in [0.25, 0.3) is 0 Å². The van der Waals surface area contributed by atoms with Crippen molar-refractivity contribution in [1.29, 1.82) is 5.26 Å². The topological polar surface area (TPSA) is 90.2 Å². The van der Waals surface area contributed by atoms with Crippen LogP contribution in [-0.4, -0.2) is 22.5 Å². The molecule has 200 valence electrons. The van der Waals surface area contributed by atoms with Gasteiger partial charge in [0.2, 0.25) is 0 Å². The van der Waals surface area contributed by atoms with Crippen molar-refractivity contribution in [2.45, 2.75) is 99.0 Å². The highest BCUT2D eigenvalue weighted by Gasteiger charge is 2.69. The van der Waals surface area contributed by atoms with Crippen molar-refractivity contribution in [2.75, 3.05) is 0 Å². The third-order valence-corrected chi connectivity index (χ3v) is 12.4. The second-order valence-electron chi connectivity index (χ2n) is 15.0. The van der Waals surface area contributed by atoms with Crippen LogP contribution in [0.1, 0.15) is 93.4 Å². The van der Waals surface area contributed by atoms with E-state index in [-0.39, 0.29) is 45.4 Å². The van der Waals surface area contributed by atoms with Crippen molar-refractivity contribution in [2.24, 2.45) is 44.8 Å². The molecule has 7 atom stereocenters. The van der Waals surface area contributed by atoms with Crippen LogP contribution in [0.15, 0.2) is 35.5 Å². The lowest BCUT2D eigenvalue weighted by Gasteiger charge is -2.70. The first-order valence-corrected chi connectivity index (χ1v) is 14.1. The quantitative estimate of drug-likeness (QED) is 0.395. The summed E-state index contributed by atoms with van der Waals surface area (Å²) in [6.07, 6.45) is 9.93. The van der Waals surface area contributed by atoms with E-state index in [0.29, 0.717) is 0 Å². The summed E-state index contributed by atoms with van der Waals surface area (Å²) in [6.45, 7) is 20.4. The number of rotatable bonds is 1. The van der Waals surface area contributed by atoms with Crippen LogP contribution in [0.4, 0.5) is 4.79 Å². The predicted octanol–water partition coefficient (Wildman–Crippen LogP) is 7.21. The zero-order valence-electron chi connectivity index (χ0n) is 23.8. The van der Waals surface area contributed by atoms with Gasteiger partial charge < -0.3 is 10.4 Å². The summed E-state index contributed by atoms with van der Waals surface area (Å²) < 4.78 is 0. The number of Topliss-reactive ketones (excluding diaryl/α,β-unsaturated/α-hetero) is 1. The van der Waals surface area contributed by atoms with Gasteiger partial charge in [0.1, 0.15) is 6.07 Å². The Morgan fingerprint density at radius 3 is 2.35 bits per heavy atom. The lowest BCUT2D eigenvalue weighted by atomic mass is 9.34. The van der Waals surface area contributed by atoms with Crippen LogP contribution in [0, 0.1) is 56.2 Å². The molecule has 0 aromatic rings. The van der Waals surface area contributed by atoms with Gasteiger partial charge in [-0.3, -0.25) is 4.79 Å². The summed E-state index contributed by atoms with van der Waals surface area (Å²) in [5.74, 6) is 0.460. The molecule has 0 bridgehead atoms. The number of allylic oxidation sites excluding steroid dienone is 5. The average molecular weight is 505 g/mol. The van der Waals surface area contributed by atoms with E-state index in [4.69, 9.17) is 0 Å². The molecule has 0 heterocycles. The lowest BCUT2D eigenvalue weighted by molar-refractivity contribution is -0.138. The van der Waals surface area contributed by atoms with Gasteiger partial charge in [-0.2, -0.15) is 5.26 Å². The predicted molar refractivity (Wildman–Crippen MR) is 144 cm³/mol. The molecule has 0 saturated heterocycles. The van der Waals surface area contributed by atoms with Gasteiger partial charge in [-0.25, -0.2) is 4.79 Å². The van der Waals surface area contributed by atoms with Crippen molar-refractivity contribution in [3.8, 4) is 6.07 Å². The normalized spacial score (nSPS) is 45.6. The van der Waals surface area contributed by atoms with E-state index in [9.17, 15) is 20.0 Å². The number of carboxylic acid groups (broad SMARTS) is 1. The van der Waals surface area contributed by atoms with Crippen molar-refractivity contribution in [3.05, 3.63) is 35.5 Å². The van der Waals surface area contributed by atoms with Gasteiger partial charge in [-0.05, 0) is 78.9 Å². The van der Waals surface area contributed by atoms with Gasteiger partial charge in [0, 0.05) is 16.4 Å². The molecule has 3 saturated carbocycles. The largest absolute Gasteiger partial charge is 0.465 e. The van der Waals surface area contributed by atoms with Gasteiger partial charge in [-0.15, -0.1) is 0 Å². The molecule has 2 unspecified atom stereocenters. The van der Waals surface area contributed by atoms with E-state index in [1.165, 1.54) is 5.57 Å². The minimum atomic E-state index is -0.923. The molecule has 0 spiro atoms. The summed E-state index contributed by atoms with van der Waals surface area (Å²) >= 11 is 0. The molecular formula is C32H44N2O3. The van der Waals surface area contributed by atoms with Gasteiger partial charge in [-0.1, -0.05) is 78.3 Å². The fourth-order valence-electron chi connectivity index (χ4n) is 10.3. The van der Waals surface area contributed by atoms with E-state index in [0.717, 1.165) is 50.5 Å². The van der Waals surface area contributed by atoms with Crippen molar-refractivity contribution >= 4 is 11.9 Å². The molecule has 2 N–H and O–H groups in total. The number of fused-ring (bicyclic) bond motifs is 7. The number of amides is 1. The Hall–Kier alpha value is -2.35. The van der Waals surface area contributed by atoms with Gasteiger partial charge in [0.25, 0.3) is 0 Å². The van der Waals surface area contributed by atoms with Crippen LogP contribution in [0.3, 0.4) is 0 Å². The minimum absolute atomic E-state index is 0.0352. The molecule has 1 amide bonds. The summed E-state index contributed by atoms with van der Waals surface area (Å²) in [6, 6.07) is 2.22. The van der Waals surface area contributed by atoms with E-state index < -0.39 is 22.5 Å². The summed E-state index contributed by atoms with van der Waals surface area (Å²) in [5.41, 5.74) is 1.23. The highest BCUT2D eigenvalue weighted by atomic mass is 16.4. The molecule has 0 aliphatic heterocycles. The Morgan fingerprint density at radius 1 is 1.08 bits per heavy atom. The standard InChI is InChI=1S/C32H44N2O3/c1-19-15-23-29(6)16-20(18-33)25(35)28(4,5)22(29)9-10-30(23,7)31(8)12-14-32(34-26(36)37)13-11-27(2,3)17-21(32)24(19)31/h15-16,21-22,24,34H,1,9-14,17H2,2-8H3,(H,36,37)/t21?,22-,24?,29-,30+,31+,32-/m0/s1. The highest BCUT2D eigenvalue weighted by Crippen LogP contribution is 2.74. The molecule has 0 aromatic heterocycles. The molecule has 0 aromatic carbocycles. The first kappa shape index (κ1) is 26.3. The summed E-state index contributed by atoms with van der Waals surface area (Å²) in [5, 5.41) is 22.8. The summed E-state index contributed by atoms with van der Waals surface area (Å²) in [7, 11) is 0. The maximum atomic E-state index is 13.2.